The van der Waals surface area contributed by atoms with Crippen LogP contribution in [-0.2, 0) is 33.3 Å². The first-order valence-corrected chi connectivity index (χ1v) is 12.4. The van der Waals surface area contributed by atoms with Crippen LogP contribution in [0.2, 0.25) is 0 Å². The second-order valence-corrected chi connectivity index (χ2v) is 11.1. The van der Waals surface area contributed by atoms with E-state index in [9.17, 15) is 0 Å². The number of hydrogen-bond acceptors (Lipinski definition) is 2. The zero-order chi connectivity index (χ0) is 16.1. The summed E-state index contributed by atoms with van der Waals surface area (Å²) in [6.45, 7) is 2.84. The molecule has 0 unspecified atom stereocenters. The highest BCUT2D eigenvalue weighted by Crippen LogP contribution is 2.34. The van der Waals surface area contributed by atoms with Crippen LogP contribution >= 0.6 is 0 Å². The van der Waals surface area contributed by atoms with E-state index in [0.29, 0.717) is 21.8 Å². The summed E-state index contributed by atoms with van der Waals surface area (Å²) >= 11 is 0. The third-order valence-electron chi connectivity index (χ3n) is 4.71. The van der Waals surface area contributed by atoms with Crippen LogP contribution in [0.5, 0.6) is 11.5 Å². The monoisotopic (exact) mass is 354 g/mol. The van der Waals surface area contributed by atoms with Gasteiger partial charge in [-0.05, 0) is 66.5 Å². The first kappa shape index (κ1) is 17.3. The molecule has 0 radical (unpaired) electrons. The van der Waals surface area contributed by atoms with Gasteiger partial charge in [-0.2, -0.15) is 0 Å². The normalized spacial score (nSPS) is 19.4. The first-order valence-electron chi connectivity index (χ1n) is 8.91. The van der Waals surface area contributed by atoms with E-state index in [1.54, 1.807) is 0 Å². The Kier molecular flexibility index (Phi) is 6.46. The predicted molar refractivity (Wildman–Crippen MR) is 104 cm³/mol. The minimum absolute atomic E-state index is 0.553. The molecule has 2 fully saturated rings. The lowest BCUT2D eigenvalue weighted by molar-refractivity contribution is 0.335. The maximum Gasteiger partial charge on any atom is 0.136 e. The van der Waals surface area contributed by atoms with Gasteiger partial charge in [-0.25, -0.2) is 0 Å². The van der Waals surface area contributed by atoms with Gasteiger partial charge in [0.1, 0.15) is 46.0 Å². The molecule has 128 valence electrons. The van der Waals surface area contributed by atoms with Crippen molar-refractivity contribution in [3.05, 3.63) is 23.3 Å². The maximum atomic E-state index is 6.00. The van der Waals surface area contributed by atoms with Gasteiger partial charge in [0.15, 0.2) is 0 Å². The summed E-state index contributed by atoms with van der Waals surface area (Å²) in [7, 11) is 2.92. The lowest BCUT2D eigenvalue weighted by Crippen LogP contribution is -2.11. The van der Waals surface area contributed by atoms with E-state index in [4.69, 9.17) is 9.47 Å². The van der Waals surface area contributed by atoms with Crippen LogP contribution in [0.1, 0.15) is 43.7 Å². The van der Waals surface area contributed by atoms with Crippen molar-refractivity contribution in [3.8, 4) is 11.5 Å². The van der Waals surface area contributed by atoms with Crippen LogP contribution in [0, 0.1) is 0 Å². The SMILES string of the molecule is CCOc1cc(C[S+]2CCCC2)c(OC)cc1C[S+]1CCCC1. The first-order chi connectivity index (χ1) is 11.3. The molecular weight excluding hydrogens is 324 g/mol. The number of methoxy groups -OCH3 is 1. The van der Waals surface area contributed by atoms with E-state index in [1.165, 1.54) is 71.3 Å². The standard InChI is InChI=1S/C19H30O2S2/c1-3-21-19-13-16(14-22-8-4-5-9-22)18(20-2)12-17(19)15-23-10-6-7-11-23/h12-13H,3-11,14-15H2,1-2H3/q+2. The van der Waals surface area contributed by atoms with Crippen LogP contribution in [0.15, 0.2) is 12.1 Å². The molecule has 4 heteroatoms. The summed E-state index contributed by atoms with van der Waals surface area (Å²) in [4.78, 5) is 0. The Morgan fingerprint density at radius 3 is 1.78 bits per heavy atom. The van der Waals surface area contributed by atoms with Gasteiger partial charge in [-0.15, -0.1) is 0 Å². The summed E-state index contributed by atoms with van der Waals surface area (Å²) in [6.07, 6.45) is 5.63. The Hall–Kier alpha value is -0.480. The quantitative estimate of drug-likeness (QED) is 0.691. The van der Waals surface area contributed by atoms with Crippen LogP contribution in [0.25, 0.3) is 0 Å². The molecule has 0 N–H and O–H groups in total. The summed E-state index contributed by atoms with van der Waals surface area (Å²) in [6, 6.07) is 4.58. The third kappa shape index (κ3) is 4.54. The molecule has 1 aromatic carbocycles. The zero-order valence-electron chi connectivity index (χ0n) is 14.6. The molecule has 1 aromatic rings. The smallest absolute Gasteiger partial charge is 0.136 e. The van der Waals surface area contributed by atoms with E-state index in [2.05, 4.69) is 19.1 Å². The largest absolute Gasteiger partial charge is 0.496 e. The van der Waals surface area contributed by atoms with Crippen molar-refractivity contribution in [3.63, 3.8) is 0 Å². The summed E-state index contributed by atoms with van der Waals surface area (Å²) in [5.41, 5.74) is 2.73. The minimum atomic E-state index is 0.553. The van der Waals surface area contributed by atoms with Gasteiger partial charge in [0, 0.05) is 11.1 Å². The van der Waals surface area contributed by atoms with E-state index >= 15 is 0 Å². The van der Waals surface area contributed by atoms with Crippen LogP contribution in [-0.4, -0.2) is 36.7 Å². The van der Waals surface area contributed by atoms with Crippen LogP contribution < -0.4 is 9.47 Å². The molecule has 0 atom stereocenters. The van der Waals surface area contributed by atoms with Gasteiger partial charge >= 0.3 is 0 Å². The summed E-state index contributed by atoms with van der Waals surface area (Å²) in [5, 5.41) is 0. The lowest BCUT2D eigenvalue weighted by atomic mass is 10.1. The number of hydrogen-bond donors (Lipinski definition) is 0. The van der Waals surface area contributed by atoms with Gasteiger partial charge in [0.25, 0.3) is 0 Å². The fraction of sp³-hybridized carbons (Fsp3) is 0.684. The summed E-state index contributed by atoms with van der Waals surface area (Å²) in [5.74, 6) is 10.2. The molecule has 2 aliphatic rings. The summed E-state index contributed by atoms with van der Waals surface area (Å²) < 4.78 is 11.7. The molecule has 0 aliphatic carbocycles. The molecule has 2 saturated heterocycles. The fourth-order valence-corrected chi connectivity index (χ4v) is 8.27. The molecule has 3 rings (SSSR count). The second kappa shape index (κ2) is 8.57. The Morgan fingerprint density at radius 2 is 1.30 bits per heavy atom. The van der Waals surface area contributed by atoms with Crippen molar-refractivity contribution < 1.29 is 9.47 Å². The molecule has 0 amide bonds. The average molecular weight is 355 g/mol. The Labute approximate surface area is 147 Å². The van der Waals surface area contributed by atoms with Crippen molar-refractivity contribution in [2.24, 2.45) is 0 Å². The van der Waals surface area contributed by atoms with Gasteiger partial charge < -0.3 is 9.47 Å². The number of ether oxygens (including phenoxy) is 2. The Balaban J connectivity index is 1.82. The Morgan fingerprint density at radius 1 is 0.826 bits per heavy atom. The van der Waals surface area contributed by atoms with Crippen LogP contribution in [0.3, 0.4) is 0 Å². The molecule has 0 aromatic heterocycles. The van der Waals surface area contributed by atoms with Crippen molar-refractivity contribution >= 4 is 21.8 Å². The molecule has 0 spiro atoms. The molecule has 23 heavy (non-hydrogen) atoms. The highest BCUT2D eigenvalue weighted by molar-refractivity contribution is 7.96. The molecule has 2 heterocycles. The molecule has 0 saturated carbocycles. The van der Waals surface area contributed by atoms with Gasteiger partial charge in [0.2, 0.25) is 0 Å². The van der Waals surface area contributed by atoms with Crippen molar-refractivity contribution in [1.82, 2.24) is 0 Å². The number of benzene rings is 1. The molecule has 2 nitrogen and oxygen atoms in total. The predicted octanol–water partition coefficient (Wildman–Crippen LogP) is 3.92. The van der Waals surface area contributed by atoms with Gasteiger partial charge in [-0.3, -0.25) is 0 Å². The lowest BCUT2D eigenvalue weighted by Gasteiger charge is -2.15. The zero-order valence-corrected chi connectivity index (χ0v) is 16.2. The second-order valence-electron chi connectivity index (χ2n) is 6.45. The van der Waals surface area contributed by atoms with E-state index in [0.717, 1.165) is 18.1 Å². The van der Waals surface area contributed by atoms with Crippen molar-refractivity contribution in [2.75, 3.05) is 36.7 Å². The molecule has 2 aliphatic heterocycles. The Bertz CT molecular complexity index is 506. The van der Waals surface area contributed by atoms with E-state index < -0.39 is 0 Å². The molecular formula is C19H30O2S2+2. The maximum absolute atomic E-state index is 6.00. The van der Waals surface area contributed by atoms with Gasteiger partial charge in [-0.1, -0.05) is 0 Å². The molecule has 0 bridgehead atoms. The van der Waals surface area contributed by atoms with Crippen molar-refractivity contribution in [1.29, 1.82) is 0 Å². The highest BCUT2D eigenvalue weighted by atomic mass is 32.2. The fourth-order valence-electron chi connectivity index (χ4n) is 3.51. The minimum Gasteiger partial charge on any atom is -0.496 e. The van der Waals surface area contributed by atoms with Gasteiger partial charge in [0.05, 0.1) is 13.7 Å². The van der Waals surface area contributed by atoms with Crippen LogP contribution in [0.4, 0.5) is 0 Å². The average Bonchev–Trinajstić information content (AvgIpc) is 3.23. The topological polar surface area (TPSA) is 18.5 Å². The van der Waals surface area contributed by atoms with E-state index in [1.807, 2.05) is 7.11 Å². The van der Waals surface area contributed by atoms with Crippen molar-refractivity contribution in [2.45, 2.75) is 44.1 Å². The third-order valence-corrected chi connectivity index (χ3v) is 9.62. The highest BCUT2D eigenvalue weighted by Gasteiger charge is 2.29. The van der Waals surface area contributed by atoms with E-state index in [-0.39, 0.29) is 0 Å². The number of rotatable bonds is 7.